The Labute approximate surface area is 218 Å². The lowest BCUT2D eigenvalue weighted by Crippen LogP contribution is -2.37. The fourth-order valence-electron chi connectivity index (χ4n) is 4.36. The first-order valence-electron chi connectivity index (χ1n) is 12.6. The fourth-order valence-corrected chi connectivity index (χ4v) is 4.36. The number of rotatable bonds is 10. The van der Waals surface area contributed by atoms with Crippen molar-refractivity contribution in [2.75, 3.05) is 0 Å². The predicted molar refractivity (Wildman–Crippen MR) is 145 cm³/mol. The first-order chi connectivity index (χ1) is 17.6. The van der Waals surface area contributed by atoms with Gasteiger partial charge in [0.1, 0.15) is 5.75 Å². The van der Waals surface area contributed by atoms with Crippen molar-refractivity contribution >= 4 is 17.6 Å². The summed E-state index contributed by atoms with van der Waals surface area (Å²) < 4.78 is 5.57. The van der Waals surface area contributed by atoms with E-state index in [4.69, 9.17) is 9.84 Å². The molecule has 3 aromatic rings. The van der Waals surface area contributed by atoms with Crippen molar-refractivity contribution in [3.63, 3.8) is 0 Å². The summed E-state index contributed by atoms with van der Waals surface area (Å²) in [6, 6.07) is 26.0. The molecule has 3 aromatic carbocycles. The van der Waals surface area contributed by atoms with Gasteiger partial charge in [0.15, 0.2) is 5.60 Å². The zero-order chi connectivity index (χ0) is 26.6. The second kappa shape index (κ2) is 10.6. The normalized spacial score (nSPS) is 15.0. The lowest BCUT2D eigenvalue weighted by molar-refractivity contribution is -0.152. The Bertz CT molecular complexity index is 1280. The largest absolute Gasteiger partial charge is 0.478 e. The minimum atomic E-state index is -1.28. The van der Waals surface area contributed by atoms with Crippen molar-refractivity contribution < 1.29 is 19.4 Å². The Morgan fingerprint density at radius 3 is 2.11 bits per heavy atom. The molecule has 0 fully saturated rings. The summed E-state index contributed by atoms with van der Waals surface area (Å²) in [6.45, 7) is 7.40. The molecule has 0 saturated heterocycles. The minimum absolute atomic E-state index is 0.0252. The molecule has 37 heavy (non-hydrogen) atoms. The minimum Gasteiger partial charge on any atom is -0.478 e. The topological polar surface area (TPSA) is 79.2 Å². The van der Waals surface area contributed by atoms with Crippen molar-refractivity contribution in [1.29, 1.82) is 0 Å². The highest BCUT2D eigenvalue weighted by Crippen LogP contribution is 2.32. The highest BCUT2D eigenvalue weighted by atomic mass is 16.5. The van der Waals surface area contributed by atoms with Crippen molar-refractivity contribution in [2.24, 2.45) is 10.5 Å². The number of aliphatic carboxylic acids is 1. The lowest BCUT2D eigenvalue weighted by atomic mass is 9.84. The molecule has 0 atom stereocenters. The van der Waals surface area contributed by atoms with E-state index < -0.39 is 17.0 Å². The molecular formula is C31H34N2O4. The SMILES string of the molecule is CC(C)(Oc1ccc(CCCC2=NN(Cc3ccc(-c4ccccc4)cc3)C(=O)C2(C)C)cc1)C(=O)O. The van der Waals surface area contributed by atoms with Gasteiger partial charge in [0.25, 0.3) is 5.91 Å². The van der Waals surface area contributed by atoms with Gasteiger partial charge in [0.05, 0.1) is 17.7 Å². The number of carbonyl (C=O) groups excluding carboxylic acids is 1. The maximum absolute atomic E-state index is 13.1. The smallest absolute Gasteiger partial charge is 0.347 e. The van der Waals surface area contributed by atoms with Gasteiger partial charge in [0.2, 0.25) is 0 Å². The molecule has 0 aromatic heterocycles. The summed E-state index contributed by atoms with van der Waals surface area (Å²) in [7, 11) is 0. The van der Waals surface area contributed by atoms with Gasteiger partial charge in [-0.25, -0.2) is 9.80 Å². The highest BCUT2D eigenvalue weighted by molar-refractivity contribution is 6.11. The molecule has 0 spiro atoms. The number of benzene rings is 3. The predicted octanol–water partition coefficient (Wildman–Crippen LogP) is 6.34. The molecule has 1 aliphatic rings. The zero-order valence-corrected chi connectivity index (χ0v) is 21.9. The van der Waals surface area contributed by atoms with Gasteiger partial charge in [-0.3, -0.25) is 4.79 Å². The van der Waals surface area contributed by atoms with Gasteiger partial charge in [-0.1, -0.05) is 66.7 Å². The van der Waals surface area contributed by atoms with Crippen molar-refractivity contribution in [3.05, 3.63) is 90.0 Å². The fraction of sp³-hybridized carbons (Fsp3) is 0.323. The third-order valence-electron chi connectivity index (χ3n) is 6.82. The maximum Gasteiger partial charge on any atom is 0.347 e. The monoisotopic (exact) mass is 498 g/mol. The van der Waals surface area contributed by atoms with Crippen LogP contribution in [0.25, 0.3) is 11.1 Å². The number of nitrogens with zero attached hydrogens (tertiary/aromatic N) is 2. The molecule has 1 amide bonds. The van der Waals surface area contributed by atoms with Gasteiger partial charge >= 0.3 is 5.97 Å². The molecule has 0 radical (unpaired) electrons. The number of carboxylic acid groups (broad SMARTS) is 1. The molecule has 6 heteroatoms. The first-order valence-corrected chi connectivity index (χ1v) is 12.6. The number of hydrogen-bond donors (Lipinski definition) is 1. The van der Waals surface area contributed by atoms with Gasteiger partial charge in [-0.15, -0.1) is 0 Å². The molecular weight excluding hydrogens is 464 g/mol. The molecule has 6 nitrogen and oxygen atoms in total. The van der Waals surface area contributed by atoms with E-state index in [1.165, 1.54) is 19.4 Å². The summed E-state index contributed by atoms with van der Waals surface area (Å²) in [5.74, 6) is -0.461. The zero-order valence-electron chi connectivity index (χ0n) is 21.9. The van der Waals surface area contributed by atoms with Gasteiger partial charge in [0, 0.05) is 0 Å². The van der Waals surface area contributed by atoms with Crippen LogP contribution < -0.4 is 4.74 Å². The maximum atomic E-state index is 13.1. The van der Waals surface area contributed by atoms with Crippen LogP contribution in [-0.4, -0.2) is 33.3 Å². The summed E-state index contributed by atoms with van der Waals surface area (Å²) in [4.78, 5) is 24.4. The standard InChI is InChI=1S/C31H34N2O4/c1-30(2)27(12-8-9-22-15-19-26(20-16-22)37-31(3,4)29(35)36)32-33(28(30)34)21-23-13-17-25(18-14-23)24-10-6-5-7-11-24/h5-7,10-11,13-20H,8-9,12,21H2,1-4H3,(H,35,36). The summed E-state index contributed by atoms with van der Waals surface area (Å²) in [5.41, 5.74) is 3.48. The highest BCUT2D eigenvalue weighted by Gasteiger charge is 2.42. The molecule has 0 aliphatic carbocycles. The van der Waals surface area contributed by atoms with E-state index >= 15 is 0 Å². The van der Waals surface area contributed by atoms with Crippen LogP contribution >= 0.6 is 0 Å². The number of aryl methyl sites for hydroxylation is 1. The first kappa shape index (κ1) is 26.1. The van der Waals surface area contributed by atoms with Crippen LogP contribution in [0.3, 0.4) is 0 Å². The average molecular weight is 499 g/mol. The van der Waals surface area contributed by atoms with Crippen LogP contribution in [0.2, 0.25) is 0 Å². The van der Waals surface area contributed by atoms with E-state index in [9.17, 15) is 14.7 Å². The molecule has 0 bridgehead atoms. The summed E-state index contributed by atoms with van der Waals surface area (Å²) in [5, 5.41) is 15.6. The number of carboxylic acids is 1. The summed E-state index contributed by atoms with van der Waals surface area (Å²) >= 11 is 0. The van der Waals surface area contributed by atoms with E-state index in [0.717, 1.165) is 41.7 Å². The molecule has 1 heterocycles. The van der Waals surface area contributed by atoms with E-state index in [1.807, 2.05) is 44.2 Å². The second-order valence-corrected chi connectivity index (χ2v) is 10.5. The van der Waals surface area contributed by atoms with Crippen LogP contribution in [0, 0.1) is 5.41 Å². The Hall–Kier alpha value is -3.93. The molecule has 0 saturated carbocycles. The third kappa shape index (κ3) is 6.08. The van der Waals surface area contributed by atoms with Crippen LogP contribution in [0.4, 0.5) is 0 Å². The quantitative estimate of drug-likeness (QED) is 0.354. The molecule has 1 aliphatic heterocycles. The molecule has 192 valence electrons. The van der Waals surface area contributed by atoms with Gasteiger partial charge in [-0.05, 0) is 81.3 Å². The number of carbonyl (C=O) groups is 2. The number of amides is 1. The van der Waals surface area contributed by atoms with Crippen LogP contribution in [0.15, 0.2) is 84.0 Å². The van der Waals surface area contributed by atoms with Crippen molar-refractivity contribution in [1.82, 2.24) is 5.01 Å². The van der Waals surface area contributed by atoms with E-state index in [1.54, 1.807) is 17.1 Å². The Kier molecular flexibility index (Phi) is 7.48. The van der Waals surface area contributed by atoms with Crippen molar-refractivity contribution in [3.8, 4) is 16.9 Å². The number of hydrogen-bond acceptors (Lipinski definition) is 4. The van der Waals surface area contributed by atoms with Crippen LogP contribution in [0.5, 0.6) is 5.75 Å². The van der Waals surface area contributed by atoms with E-state index in [-0.39, 0.29) is 5.91 Å². The Balaban J connectivity index is 1.34. The molecule has 1 N–H and O–H groups in total. The van der Waals surface area contributed by atoms with Crippen molar-refractivity contribution in [2.45, 2.75) is 59.1 Å². The third-order valence-corrected chi connectivity index (χ3v) is 6.82. The molecule has 4 rings (SSSR count). The van der Waals surface area contributed by atoms with E-state index in [2.05, 4.69) is 36.4 Å². The summed E-state index contributed by atoms with van der Waals surface area (Å²) in [6.07, 6.45) is 2.41. The van der Waals surface area contributed by atoms with Crippen LogP contribution in [0.1, 0.15) is 51.7 Å². The number of ether oxygens (including phenoxy) is 1. The van der Waals surface area contributed by atoms with Gasteiger partial charge < -0.3 is 9.84 Å². The Morgan fingerprint density at radius 2 is 1.49 bits per heavy atom. The van der Waals surface area contributed by atoms with Gasteiger partial charge in [-0.2, -0.15) is 5.10 Å². The second-order valence-electron chi connectivity index (χ2n) is 10.5. The average Bonchev–Trinajstić information content (AvgIpc) is 3.09. The number of hydrazone groups is 1. The Morgan fingerprint density at radius 1 is 0.892 bits per heavy atom. The van der Waals surface area contributed by atoms with E-state index in [0.29, 0.717) is 12.3 Å². The lowest BCUT2D eigenvalue weighted by Gasteiger charge is -2.21. The molecule has 0 unspecified atom stereocenters. The van der Waals surface area contributed by atoms with Crippen LogP contribution in [-0.2, 0) is 22.6 Å².